The molecule has 1 amide bonds. The largest absolute Gasteiger partial charge is 0.493 e. The molecule has 0 aliphatic heterocycles. The summed E-state index contributed by atoms with van der Waals surface area (Å²) in [7, 11) is 6.56. The van der Waals surface area contributed by atoms with Crippen LogP contribution in [-0.2, 0) is 4.79 Å². The van der Waals surface area contributed by atoms with Crippen molar-refractivity contribution in [3.8, 4) is 17.2 Å². The molecule has 1 aromatic carbocycles. The average Bonchev–Trinajstić information content (AvgIpc) is 3.42. The van der Waals surface area contributed by atoms with E-state index < -0.39 is 0 Å². The molecular weight excluding hydrogens is 294 g/mol. The molecule has 1 aliphatic carbocycles. The Bertz CT molecular complexity index is 568. The Morgan fingerprint density at radius 1 is 1.17 bits per heavy atom. The smallest absolute Gasteiger partial charge is 0.246 e. The van der Waals surface area contributed by atoms with Crippen LogP contribution in [0.4, 0.5) is 0 Å². The quantitative estimate of drug-likeness (QED) is 0.725. The predicted octanol–water partition coefficient (Wildman–Crippen LogP) is 2.98. The molecule has 23 heavy (non-hydrogen) atoms. The maximum atomic E-state index is 12.3. The molecule has 0 heterocycles. The highest BCUT2D eigenvalue weighted by atomic mass is 16.5. The molecule has 1 aliphatic rings. The van der Waals surface area contributed by atoms with E-state index in [0.29, 0.717) is 23.2 Å². The Kier molecular flexibility index (Phi) is 5.53. The maximum Gasteiger partial charge on any atom is 0.246 e. The highest BCUT2D eigenvalue weighted by Gasteiger charge is 2.31. The second-order valence-electron chi connectivity index (χ2n) is 5.82. The summed E-state index contributed by atoms with van der Waals surface area (Å²) in [6.45, 7) is 2.10. The van der Waals surface area contributed by atoms with Gasteiger partial charge in [-0.2, -0.15) is 0 Å². The lowest BCUT2D eigenvalue weighted by Crippen LogP contribution is -2.35. The third kappa shape index (κ3) is 3.97. The number of ether oxygens (including phenoxy) is 3. The summed E-state index contributed by atoms with van der Waals surface area (Å²) in [5.74, 6) is 2.33. The van der Waals surface area contributed by atoms with Crippen LogP contribution in [0.5, 0.6) is 17.2 Å². The van der Waals surface area contributed by atoms with Gasteiger partial charge in [0, 0.05) is 19.2 Å². The van der Waals surface area contributed by atoms with Crippen LogP contribution in [0, 0.1) is 5.92 Å². The van der Waals surface area contributed by atoms with Crippen LogP contribution in [-0.4, -0.2) is 45.2 Å². The van der Waals surface area contributed by atoms with Crippen molar-refractivity contribution in [2.24, 2.45) is 5.92 Å². The van der Waals surface area contributed by atoms with Gasteiger partial charge in [-0.3, -0.25) is 4.79 Å². The number of amides is 1. The van der Waals surface area contributed by atoms with E-state index in [0.717, 1.165) is 5.56 Å². The molecule has 1 fully saturated rings. The highest BCUT2D eigenvalue weighted by Crippen LogP contribution is 2.38. The van der Waals surface area contributed by atoms with Gasteiger partial charge in [0.2, 0.25) is 11.7 Å². The average molecular weight is 319 g/mol. The third-order valence-corrected chi connectivity index (χ3v) is 4.37. The van der Waals surface area contributed by atoms with Crippen molar-refractivity contribution in [3.05, 3.63) is 23.8 Å². The fraction of sp³-hybridized carbons (Fsp3) is 0.500. The molecule has 1 unspecified atom stereocenters. The lowest BCUT2D eigenvalue weighted by Gasteiger charge is -2.23. The number of nitrogens with zero attached hydrogens (tertiary/aromatic N) is 1. The first-order valence-corrected chi connectivity index (χ1v) is 7.76. The van der Waals surface area contributed by atoms with E-state index in [1.54, 1.807) is 38.4 Å². The molecule has 126 valence electrons. The minimum atomic E-state index is -0.00171. The van der Waals surface area contributed by atoms with Crippen molar-refractivity contribution in [2.45, 2.75) is 25.8 Å². The number of likely N-dealkylation sites (N-methyl/N-ethyl adjacent to an activating group) is 1. The molecule has 2 rings (SSSR count). The summed E-state index contributed by atoms with van der Waals surface area (Å²) in [5, 5.41) is 0. The molecule has 5 heteroatoms. The number of rotatable bonds is 7. The molecule has 1 atom stereocenters. The summed E-state index contributed by atoms with van der Waals surface area (Å²) >= 11 is 0. The van der Waals surface area contributed by atoms with Gasteiger partial charge < -0.3 is 19.1 Å². The van der Waals surface area contributed by atoms with Crippen LogP contribution in [0.3, 0.4) is 0 Å². The lowest BCUT2D eigenvalue weighted by molar-refractivity contribution is -0.126. The van der Waals surface area contributed by atoms with Crippen molar-refractivity contribution >= 4 is 12.0 Å². The van der Waals surface area contributed by atoms with Gasteiger partial charge in [0.1, 0.15) is 0 Å². The van der Waals surface area contributed by atoms with Crippen LogP contribution < -0.4 is 14.2 Å². The number of carbonyl (C=O) groups is 1. The van der Waals surface area contributed by atoms with Gasteiger partial charge >= 0.3 is 0 Å². The Balaban J connectivity index is 2.16. The minimum Gasteiger partial charge on any atom is -0.493 e. The van der Waals surface area contributed by atoms with Crippen LogP contribution in [0.15, 0.2) is 18.2 Å². The number of hydrogen-bond donors (Lipinski definition) is 0. The first-order valence-electron chi connectivity index (χ1n) is 7.76. The Morgan fingerprint density at radius 3 is 2.17 bits per heavy atom. The zero-order valence-corrected chi connectivity index (χ0v) is 14.5. The number of methoxy groups -OCH3 is 3. The van der Waals surface area contributed by atoms with Crippen LogP contribution in [0.1, 0.15) is 25.3 Å². The van der Waals surface area contributed by atoms with E-state index in [-0.39, 0.29) is 11.9 Å². The van der Waals surface area contributed by atoms with Gasteiger partial charge in [-0.15, -0.1) is 0 Å². The maximum absolute atomic E-state index is 12.3. The molecular formula is C18H25NO4. The van der Waals surface area contributed by atoms with E-state index in [9.17, 15) is 4.79 Å². The van der Waals surface area contributed by atoms with Gasteiger partial charge in [-0.1, -0.05) is 0 Å². The number of hydrogen-bond acceptors (Lipinski definition) is 4. The Labute approximate surface area is 137 Å². The van der Waals surface area contributed by atoms with Gasteiger partial charge in [-0.25, -0.2) is 0 Å². The second kappa shape index (κ2) is 7.40. The van der Waals surface area contributed by atoms with Crippen molar-refractivity contribution in [2.75, 3.05) is 28.4 Å². The topological polar surface area (TPSA) is 48.0 Å². The van der Waals surface area contributed by atoms with E-state index in [4.69, 9.17) is 14.2 Å². The van der Waals surface area contributed by atoms with Crippen LogP contribution in [0.25, 0.3) is 6.08 Å². The van der Waals surface area contributed by atoms with Crippen LogP contribution in [0.2, 0.25) is 0 Å². The molecule has 5 nitrogen and oxygen atoms in total. The first kappa shape index (κ1) is 17.2. The van der Waals surface area contributed by atoms with Crippen molar-refractivity contribution in [3.63, 3.8) is 0 Å². The SMILES string of the molecule is COc1cc(/C=C/C(=O)N(C)C(C)C2CC2)cc(OC)c1OC. The normalized spacial score (nSPS) is 15.3. The van der Waals surface area contributed by atoms with Crippen molar-refractivity contribution < 1.29 is 19.0 Å². The Hall–Kier alpha value is -2.17. The van der Waals surface area contributed by atoms with E-state index in [2.05, 4.69) is 6.92 Å². The Morgan fingerprint density at radius 2 is 1.74 bits per heavy atom. The fourth-order valence-corrected chi connectivity index (χ4v) is 2.58. The summed E-state index contributed by atoms with van der Waals surface area (Å²) < 4.78 is 15.9. The molecule has 1 saturated carbocycles. The van der Waals surface area contributed by atoms with E-state index >= 15 is 0 Å². The first-order chi connectivity index (χ1) is 11.0. The monoisotopic (exact) mass is 319 g/mol. The molecule has 0 bridgehead atoms. The van der Waals surface area contributed by atoms with Gasteiger partial charge in [0.25, 0.3) is 0 Å². The molecule has 0 N–H and O–H groups in total. The zero-order valence-electron chi connectivity index (χ0n) is 14.5. The van der Waals surface area contributed by atoms with Gasteiger partial charge in [0.15, 0.2) is 11.5 Å². The van der Waals surface area contributed by atoms with Crippen molar-refractivity contribution in [1.82, 2.24) is 4.90 Å². The summed E-state index contributed by atoms with van der Waals surface area (Å²) in [5.41, 5.74) is 0.820. The summed E-state index contributed by atoms with van der Waals surface area (Å²) in [4.78, 5) is 14.1. The summed E-state index contributed by atoms with van der Waals surface area (Å²) in [6, 6.07) is 3.91. The second-order valence-corrected chi connectivity index (χ2v) is 5.82. The molecule has 0 radical (unpaired) electrons. The van der Waals surface area contributed by atoms with E-state index in [1.165, 1.54) is 12.8 Å². The molecule has 0 saturated heterocycles. The van der Waals surface area contributed by atoms with Gasteiger partial charge in [0.05, 0.1) is 21.3 Å². The lowest BCUT2D eigenvalue weighted by atomic mass is 10.1. The highest BCUT2D eigenvalue weighted by molar-refractivity contribution is 5.92. The predicted molar refractivity (Wildman–Crippen MR) is 90.1 cm³/mol. The minimum absolute atomic E-state index is 0.00171. The third-order valence-electron chi connectivity index (χ3n) is 4.37. The zero-order chi connectivity index (χ0) is 17.0. The van der Waals surface area contributed by atoms with Crippen molar-refractivity contribution in [1.29, 1.82) is 0 Å². The number of benzene rings is 1. The summed E-state index contributed by atoms with van der Waals surface area (Å²) in [6.07, 6.45) is 5.78. The molecule has 0 spiro atoms. The van der Waals surface area contributed by atoms with E-state index in [1.807, 2.05) is 19.2 Å². The molecule has 0 aromatic heterocycles. The van der Waals surface area contributed by atoms with Crippen LogP contribution >= 0.6 is 0 Å². The number of carbonyl (C=O) groups excluding carboxylic acids is 1. The fourth-order valence-electron chi connectivity index (χ4n) is 2.58. The molecule has 1 aromatic rings. The van der Waals surface area contributed by atoms with Gasteiger partial charge in [-0.05, 0) is 49.5 Å². The standard InChI is InChI=1S/C18H25NO4/c1-12(14-7-8-14)19(2)17(20)9-6-13-10-15(21-3)18(23-5)16(11-13)22-4/h6,9-12,14H,7-8H2,1-5H3/b9-6+.